The fourth-order valence-corrected chi connectivity index (χ4v) is 5.56. The average molecular weight is 520 g/mol. The number of aryl methyl sites for hydroxylation is 1. The second-order valence-corrected chi connectivity index (χ2v) is 11.6. The van der Waals surface area contributed by atoms with Gasteiger partial charge in [0.25, 0.3) is 0 Å². The van der Waals surface area contributed by atoms with Crippen molar-refractivity contribution in [3.63, 3.8) is 0 Å². The van der Waals surface area contributed by atoms with Gasteiger partial charge in [0.15, 0.2) is 0 Å². The Labute approximate surface area is 213 Å². The first-order chi connectivity index (χ1) is 16.6. The summed E-state index contributed by atoms with van der Waals surface area (Å²) in [5.74, 6) is -0.718. The smallest absolute Gasteiger partial charge is 0.244 e. The van der Waals surface area contributed by atoms with Crippen LogP contribution in [0.15, 0.2) is 48.5 Å². The summed E-state index contributed by atoms with van der Waals surface area (Å²) in [5, 5.41) is 3.31. The molecule has 0 heterocycles. The van der Waals surface area contributed by atoms with E-state index in [9.17, 15) is 18.0 Å². The molecular weight excluding hydrogens is 486 g/mol. The summed E-state index contributed by atoms with van der Waals surface area (Å²) < 4.78 is 26.3. The number of anilines is 1. The summed E-state index contributed by atoms with van der Waals surface area (Å²) in [4.78, 5) is 28.2. The Bertz CT molecular complexity index is 1150. The molecule has 1 unspecified atom stereocenters. The van der Waals surface area contributed by atoms with Crippen molar-refractivity contribution in [2.75, 3.05) is 17.1 Å². The van der Waals surface area contributed by atoms with Crippen molar-refractivity contribution < 1.29 is 18.0 Å². The number of sulfonamides is 1. The van der Waals surface area contributed by atoms with Crippen LogP contribution in [0.2, 0.25) is 5.02 Å². The molecule has 1 aliphatic carbocycles. The Hall–Kier alpha value is -2.58. The summed E-state index contributed by atoms with van der Waals surface area (Å²) in [6.45, 7) is 3.36. The van der Waals surface area contributed by atoms with Crippen molar-refractivity contribution >= 4 is 39.1 Å². The molecule has 9 heteroatoms. The van der Waals surface area contributed by atoms with Crippen LogP contribution in [-0.4, -0.2) is 50.0 Å². The minimum Gasteiger partial charge on any atom is -0.352 e. The van der Waals surface area contributed by atoms with Crippen LogP contribution in [0.5, 0.6) is 0 Å². The molecule has 190 valence electrons. The van der Waals surface area contributed by atoms with Crippen molar-refractivity contribution in [3.8, 4) is 0 Å². The normalized spacial score (nSPS) is 15.3. The predicted molar refractivity (Wildman–Crippen MR) is 140 cm³/mol. The van der Waals surface area contributed by atoms with E-state index >= 15 is 0 Å². The van der Waals surface area contributed by atoms with Crippen LogP contribution in [0.25, 0.3) is 0 Å². The summed E-state index contributed by atoms with van der Waals surface area (Å²) in [7, 11) is -3.82. The Kier molecular flexibility index (Phi) is 9.19. The van der Waals surface area contributed by atoms with Gasteiger partial charge in [0.2, 0.25) is 21.8 Å². The summed E-state index contributed by atoms with van der Waals surface area (Å²) in [5.41, 5.74) is 2.11. The van der Waals surface area contributed by atoms with Crippen LogP contribution in [0, 0.1) is 6.92 Å². The number of hydrogen-bond acceptors (Lipinski definition) is 4. The third-order valence-electron chi connectivity index (χ3n) is 6.35. The highest BCUT2D eigenvalue weighted by Crippen LogP contribution is 2.27. The highest BCUT2D eigenvalue weighted by atomic mass is 35.5. The molecule has 1 aliphatic rings. The van der Waals surface area contributed by atoms with Crippen molar-refractivity contribution in [1.82, 2.24) is 10.2 Å². The van der Waals surface area contributed by atoms with E-state index in [2.05, 4.69) is 5.32 Å². The average Bonchev–Trinajstić information content (AvgIpc) is 2.81. The van der Waals surface area contributed by atoms with Gasteiger partial charge in [0.1, 0.15) is 12.6 Å². The second kappa shape index (κ2) is 11.9. The molecule has 1 atom stereocenters. The van der Waals surface area contributed by atoms with Crippen molar-refractivity contribution in [1.29, 1.82) is 0 Å². The lowest BCUT2D eigenvalue weighted by molar-refractivity contribution is -0.139. The number of amides is 2. The van der Waals surface area contributed by atoms with Gasteiger partial charge in [0, 0.05) is 12.6 Å². The van der Waals surface area contributed by atoms with Crippen molar-refractivity contribution in [3.05, 3.63) is 64.7 Å². The number of hydrogen-bond donors (Lipinski definition) is 1. The number of para-hydroxylation sites is 1. The molecule has 1 N–H and O–H groups in total. The molecule has 3 rings (SSSR count). The molecule has 0 bridgehead atoms. The number of carbonyl (C=O) groups excluding carboxylic acids is 2. The lowest BCUT2D eigenvalue weighted by Gasteiger charge is -2.33. The number of nitrogens with one attached hydrogen (secondary N) is 1. The van der Waals surface area contributed by atoms with Crippen LogP contribution in [0.3, 0.4) is 0 Å². The van der Waals surface area contributed by atoms with Crippen LogP contribution in [0.4, 0.5) is 5.69 Å². The molecule has 0 aliphatic heterocycles. The fraction of sp³-hybridized carbons (Fsp3) is 0.462. The van der Waals surface area contributed by atoms with Gasteiger partial charge in [-0.1, -0.05) is 72.8 Å². The van der Waals surface area contributed by atoms with Crippen molar-refractivity contribution in [2.45, 2.75) is 64.6 Å². The molecule has 7 nitrogen and oxygen atoms in total. The van der Waals surface area contributed by atoms with Gasteiger partial charge < -0.3 is 10.2 Å². The Morgan fingerprint density at radius 2 is 1.77 bits per heavy atom. The largest absolute Gasteiger partial charge is 0.352 e. The maximum absolute atomic E-state index is 13.6. The Morgan fingerprint density at radius 1 is 1.09 bits per heavy atom. The summed E-state index contributed by atoms with van der Waals surface area (Å²) in [6, 6.07) is 13.5. The molecule has 0 saturated heterocycles. The van der Waals surface area contributed by atoms with E-state index < -0.39 is 28.5 Å². The maximum atomic E-state index is 13.6. The third-order valence-corrected chi connectivity index (χ3v) is 7.80. The number of halogens is 1. The van der Waals surface area contributed by atoms with E-state index in [1.807, 2.05) is 31.2 Å². The van der Waals surface area contributed by atoms with E-state index in [1.54, 1.807) is 31.2 Å². The van der Waals surface area contributed by atoms with E-state index in [-0.39, 0.29) is 29.2 Å². The first kappa shape index (κ1) is 27.0. The third kappa shape index (κ3) is 7.45. The molecule has 0 radical (unpaired) electrons. The number of benzene rings is 2. The van der Waals surface area contributed by atoms with Gasteiger partial charge in [-0.15, -0.1) is 0 Å². The fourth-order valence-electron chi connectivity index (χ4n) is 4.41. The van der Waals surface area contributed by atoms with Gasteiger partial charge in [-0.3, -0.25) is 13.9 Å². The molecule has 1 fully saturated rings. The summed E-state index contributed by atoms with van der Waals surface area (Å²) in [6.07, 6.45) is 6.22. The zero-order valence-corrected chi connectivity index (χ0v) is 22.1. The predicted octanol–water partition coefficient (Wildman–Crippen LogP) is 4.28. The van der Waals surface area contributed by atoms with E-state index in [0.29, 0.717) is 0 Å². The van der Waals surface area contributed by atoms with Gasteiger partial charge >= 0.3 is 0 Å². The maximum Gasteiger partial charge on any atom is 0.244 e. The van der Waals surface area contributed by atoms with Crippen LogP contribution in [0.1, 0.15) is 50.2 Å². The first-order valence-electron chi connectivity index (χ1n) is 11.9. The van der Waals surface area contributed by atoms with Gasteiger partial charge in [-0.2, -0.15) is 0 Å². The minimum atomic E-state index is -3.82. The van der Waals surface area contributed by atoms with E-state index in [0.717, 1.165) is 47.4 Å². The number of nitrogens with zero attached hydrogens (tertiary/aromatic N) is 2. The molecule has 0 aromatic heterocycles. The van der Waals surface area contributed by atoms with Gasteiger partial charge in [-0.05, 0) is 44.4 Å². The highest BCUT2D eigenvalue weighted by molar-refractivity contribution is 7.92. The molecule has 2 aromatic rings. The van der Waals surface area contributed by atoms with Crippen LogP contribution in [-0.2, 0) is 26.2 Å². The van der Waals surface area contributed by atoms with Gasteiger partial charge in [-0.25, -0.2) is 8.42 Å². The van der Waals surface area contributed by atoms with E-state index in [4.69, 9.17) is 11.6 Å². The van der Waals surface area contributed by atoms with Crippen LogP contribution >= 0.6 is 11.6 Å². The molecule has 0 spiro atoms. The van der Waals surface area contributed by atoms with Gasteiger partial charge in [0.05, 0.1) is 17.0 Å². The standard InChI is InChI=1S/C26H34ClN3O4S/c1-19-10-9-11-21(16-19)17-29(20(2)26(32)28-22-12-5-4-6-13-22)25(31)18-30(35(3,33)34)24-15-8-7-14-23(24)27/h7-11,14-16,20,22H,4-6,12-13,17-18H2,1-3H3,(H,28,32). The van der Waals surface area contributed by atoms with E-state index in [1.165, 1.54) is 11.3 Å². The number of rotatable bonds is 9. The lowest BCUT2D eigenvalue weighted by Crippen LogP contribution is -2.53. The molecule has 2 aromatic carbocycles. The molecule has 35 heavy (non-hydrogen) atoms. The quantitative estimate of drug-likeness (QED) is 0.535. The highest BCUT2D eigenvalue weighted by Gasteiger charge is 2.31. The van der Waals surface area contributed by atoms with Crippen LogP contribution < -0.4 is 9.62 Å². The zero-order chi connectivity index (χ0) is 25.6. The topological polar surface area (TPSA) is 86.8 Å². The first-order valence-corrected chi connectivity index (χ1v) is 14.2. The lowest BCUT2D eigenvalue weighted by atomic mass is 9.95. The molecule has 2 amide bonds. The van der Waals surface area contributed by atoms with Crippen molar-refractivity contribution in [2.24, 2.45) is 0 Å². The molecular formula is C26H34ClN3O4S. The Morgan fingerprint density at radius 3 is 2.40 bits per heavy atom. The molecule has 1 saturated carbocycles. The minimum absolute atomic E-state index is 0.102. The monoisotopic (exact) mass is 519 g/mol. The number of carbonyl (C=O) groups is 2. The SMILES string of the molecule is Cc1cccc(CN(C(=O)CN(c2ccccc2Cl)S(C)(=O)=O)C(C)C(=O)NC2CCCCC2)c1. The zero-order valence-electron chi connectivity index (χ0n) is 20.5. The second-order valence-electron chi connectivity index (χ2n) is 9.25. The summed E-state index contributed by atoms with van der Waals surface area (Å²) >= 11 is 6.26. The Balaban J connectivity index is 1.88.